The quantitative estimate of drug-likeness (QED) is 0.530. The molecule has 0 spiro atoms. The minimum Gasteiger partial charge on any atom is -0.445 e. The van der Waals surface area contributed by atoms with Crippen LogP contribution in [0.25, 0.3) is 0 Å². The number of nitrogens with zero attached hydrogens (tertiary/aromatic N) is 2. The molecule has 0 fully saturated rings. The van der Waals surface area contributed by atoms with Gasteiger partial charge in [0.2, 0.25) is 11.8 Å². The van der Waals surface area contributed by atoms with E-state index in [1.54, 1.807) is 24.2 Å². The predicted molar refractivity (Wildman–Crippen MR) is 104 cm³/mol. The largest absolute Gasteiger partial charge is 0.445 e. The minimum atomic E-state index is -0.0794. The molecule has 3 rings (SSSR count). The molecule has 0 saturated carbocycles. The van der Waals surface area contributed by atoms with Crippen LogP contribution in [0.5, 0.6) is 0 Å². The van der Waals surface area contributed by atoms with E-state index in [-0.39, 0.29) is 5.91 Å². The molecule has 130 valence electrons. The number of nitrogens with one attached hydrogen (secondary N) is 1. The lowest BCUT2D eigenvalue weighted by Crippen LogP contribution is -2.14. The zero-order valence-electron chi connectivity index (χ0n) is 13.5. The van der Waals surface area contributed by atoms with E-state index in [1.807, 2.05) is 31.2 Å². The number of benzene rings is 1. The van der Waals surface area contributed by atoms with E-state index in [0.29, 0.717) is 23.2 Å². The molecule has 0 aliphatic heterocycles. The van der Waals surface area contributed by atoms with Crippen molar-refractivity contribution in [3.63, 3.8) is 0 Å². The number of oxazole rings is 1. The summed E-state index contributed by atoms with van der Waals surface area (Å²) in [6.07, 6.45) is 4.67. The average molecular weight is 438 g/mol. The van der Waals surface area contributed by atoms with Crippen LogP contribution < -0.4 is 5.32 Å². The number of hydrogen-bond donors (Lipinski definition) is 1. The van der Waals surface area contributed by atoms with Crippen molar-refractivity contribution in [3.8, 4) is 0 Å². The Balaban J connectivity index is 1.51. The van der Waals surface area contributed by atoms with E-state index in [0.717, 1.165) is 26.4 Å². The molecule has 1 amide bonds. The normalized spacial score (nSPS) is 10.8. The summed E-state index contributed by atoms with van der Waals surface area (Å²) in [5.41, 5.74) is 0.952. The standard InChI is InChI=1S/C17H16BrN3O2S2/c1-2-13-8-19-15(23-13)10-24-16-9-20-17(25-16)21-14(22)7-11-4-3-5-12(18)6-11/h3-6,8-9H,2,7,10H2,1H3,(H,20,21,22). The Morgan fingerprint density at radius 1 is 1.36 bits per heavy atom. The SMILES string of the molecule is CCc1cnc(CSc2cnc(NC(=O)Cc3cccc(Br)c3)s2)o1. The molecule has 0 aliphatic rings. The van der Waals surface area contributed by atoms with Crippen LogP contribution in [0.4, 0.5) is 5.13 Å². The highest BCUT2D eigenvalue weighted by atomic mass is 79.9. The van der Waals surface area contributed by atoms with Crippen LogP contribution in [0.1, 0.15) is 24.1 Å². The van der Waals surface area contributed by atoms with Gasteiger partial charge in [0.05, 0.1) is 28.8 Å². The van der Waals surface area contributed by atoms with Gasteiger partial charge in [-0.2, -0.15) is 0 Å². The summed E-state index contributed by atoms with van der Waals surface area (Å²) in [6.45, 7) is 2.03. The van der Waals surface area contributed by atoms with Crippen LogP contribution in [0.3, 0.4) is 0 Å². The molecule has 2 heterocycles. The Labute approximate surface area is 162 Å². The fourth-order valence-corrected chi connectivity index (χ4v) is 4.28. The summed E-state index contributed by atoms with van der Waals surface area (Å²) in [5, 5.41) is 3.44. The Kier molecular flexibility index (Phi) is 6.28. The van der Waals surface area contributed by atoms with Gasteiger partial charge < -0.3 is 9.73 Å². The maximum absolute atomic E-state index is 12.1. The maximum atomic E-state index is 12.1. The van der Waals surface area contributed by atoms with Gasteiger partial charge in [0, 0.05) is 10.9 Å². The van der Waals surface area contributed by atoms with Gasteiger partial charge in [0.1, 0.15) is 5.76 Å². The predicted octanol–water partition coefficient (Wildman–Crippen LogP) is 4.93. The number of carbonyl (C=O) groups is 1. The summed E-state index contributed by atoms with van der Waals surface area (Å²) in [6, 6.07) is 7.71. The van der Waals surface area contributed by atoms with Crippen molar-refractivity contribution in [3.05, 3.63) is 58.3 Å². The summed E-state index contributed by atoms with van der Waals surface area (Å²) in [7, 11) is 0. The Morgan fingerprint density at radius 2 is 2.24 bits per heavy atom. The first-order chi connectivity index (χ1) is 12.1. The molecule has 2 aromatic heterocycles. The van der Waals surface area contributed by atoms with E-state index in [2.05, 4.69) is 31.2 Å². The monoisotopic (exact) mass is 437 g/mol. The first kappa shape index (κ1) is 18.2. The number of hydrogen-bond acceptors (Lipinski definition) is 6. The number of thioether (sulfide) groups is 1. The van der Waals surface area contributed by atoms with Crippen molar-refractivity contribution < 1.29 is 9.21 Å². The lowest BCUT2D eigenvalue weighted by molar-refractivity contribution is -0.115. The zero-order chi connectivity index (χ0) is 17.6. The van der Waals surface area contributed by atoms with Gasteiger partial charge >= 0.3 is 0 Å². The molecule has 0 aliphatic carbocycles. The maximum Gasteiger partial charge on any atom is 0.230 e. The number of thiazole rings is 1. The lowest BCUT2D eigenvalue weighted by Gasteiger charge is -2.02. The van der Waals surface area contributed by atoms with Crippen molar-refractivity contribution >= 4 is 50.1 Å². The molecular formula is C17H16BrN3O2S2. The van der Waals surface area contributed by atoms with Crippen molar-refractivity contribution in [1.82, 2.24) is 9.97 Å². The van der Waals surface area contributed by atoms with Gasteiger partial charge in [-0.15, -0.1) is 11.8 Å². The Hall–Kier alpha value is -1.64. The molecule has 5 nitrogen and oxygen atoms in total. The van der Waals surface area contributed by atoms with E-state index in [1.165, 1.54) is 11.3 Å². The topological polar surface area (TPSA) is 68.0 Å². The minimum absolute atomic E-state index is 0.0794. The van der Waals surface area contributed by atoms with Crippen molar-refractivity contribution in [2.24, 2.45) is 0 Å². The molecule has 0 atom stereocenters. The fourth-order valence-electron chi connectivity index (χ4n) is 2.09. The van der Waals surface area contributed by atoms with Crippen LogP contribution in [0.15, 0.2) is 49.8 Å². The molecule has 1 aromatic carbocycles. The van der Waals surface area contributed by atoms with Crippen molar-refractivity contribution in [2.75, 3.05) is 5.32 Å². The van der Waals surface area contributed by atoms with E-state index in [9.17, 15) is 4.79 Å². The molecule has 0 radical (unpaired) electrons. The van der Waals surface area contributed by atoms with Crippen LogP contribution in [0, 0.1) is 0 Å². The third-order valence-corrected chi connectivity index (χ3v) is 5.86. The third-order valence-electron chi connectivity index (χ3n) is 3.27. The number of carbonyl (C=O) groups excluding carboxylic acids is 1. The van der Waals surface area contributed by atoms with Gasteiger partial charge in [-0.05, 0) is 17.7 Å². The van der Waals surface area contributed by atoms with Gasteiger partial charge in [-0.25, -0.2) is 9.97 Å². The van der Waals surface area contributed by atoms with E-state index in [4.69, 9.17) is 4.42 Å². The van der Waals surface area contributed by atoms with E-state index < -0.39 is 0 Å². The Bertz CT molecular complexity index is 863. The molecule has 0 bridgehead atoms. The highest BCUT2D eigenvalue weighted by molar-refractivity contribution is 9.10. The Morgan fingerprint density at radius 3 is 3.00 bits per heavy atom. The average Bonchev–Trinajstić information content (AvgIpc) is 3.21. The zero-order valence-corrected chi connectivity index (χ0v) is 16.7. The number of anilines is 1. The van der Waals surface area contributed by atoms with Gasteiger partial charge in [0.25, 0.3) is 0 Å². The lowest BCUT2D eigenvalue weighted by atomic mass is 10.1. The summed E-state index contributed by atoms with van der Waals surface area (Å²) in [5.74, 6) is 2.16. The van der Waals surface area contributed by atoms with Crippen LogP contribution in [-0.2, 0) is 23.4 Å². The number of aromatic nitrogens is 2. The fraction of sp³-hybridized carbons (Fsp3) is 0.235. The molecule has 0 saturated heterocycles. The van der Waals surface area contributed by atoms with Crippen LogP contribution in [-0.4, -0.2) is 15.9 Å². The van der Waals surface area contributed by atoms with Gasteiger partial charge in [0.15, 0.2) is 5.13 Å². The van der Waals surface area contributed by atoms with Crippen LogP contribution in [0.2, 0.25) is 0 Å². The first-order valence-electron chi connectivity index (χ1n) is 7.69. The van der Waals surface area contributed by atoms with Crippen molar-refractivity contribution in [1.29, 1.82) is 0 Å². The molecule has 0 unspecified atom stereocenters. The van der Waals surface area contributed by atoms with Gasteiger partial charge in [-0.1, -0.05) is 46.3 Å². The summed E-state index contributed by atoms with van der Waals surface area (Å²) >= 11 is 6.45. The number of amides is 1. The molecule has 8 heteroatoms. The molecule has 25 heavy (non-hydrogen) atoms. The highest BCUT2D eigenvalue weighted by Gasteiger charge is 2.10. The second-order valence-corrected chi connectivity index (χ2v) is 8.42. The van der Waals surface area contributed by atoms with Crippen LogP contribution >= 0.6 is 39.0 Å². The molecule has 3 aromatic rings. The number of halogens is 1. The second kappa shape index (κ2) is 8.64. The number of aryl methyl sites for hydroxylation is 1. The number of rotatable bonds is 7. The molecule has 1 N–H and O–H groups in total. The smallest absolute Gasteiger partial charge is 0.230 e. The summed E-state index contributed by atoms with van der Waals surface area (Å²) < 4.78 is 7.55. The molecular weight excluding hydrogens is 422 g/mol. The third kappa shape index (κ3) is 5.42. The summed E-state index contributed by atoms with van der Waals surface area (Å²) in [4.78, 5) is 20.6. The van der Waals surface area contributed by atoms with E-state index >= 15 is 0 Å². The first-order valence-corrected chi connectivity index (χ1v) is 10.3. The highest BCUT2D eigenvalue weighted by Crippen LogP contribution is 2.30. The van der Waals surface area contributed by atoms with Crippen molar-refractivity contribution in [2.45, 2.75) is 29.7 Å². The second-order valence-electron chi connectivity index (χ2n) is 5.20. The van der Waals surface area contributed by atoms with Gasteiger partial charge in [-0.3, -0.25) is 4.79 Å².